The zero-order valence-electron chi connectivity index (χ0n) is 10.6. The SMILES string of the molecule is CC(CCNc1ccccc1I)c1ccccc1. The van der Waals surface area contributed by atoms with Crippen molar-refractivity contribution in [2.24, 2.45) is 0 Å². The van der Waals surface area contributed by atoms with Crippen LogP contribution in [0.2, 0.25) is 0 Å². The van der Waals surface area contributed by atoms with Gasteiger partial charge in [0.05, 0.1) is 0 Å². The molecule has 2 rings (SSSR count). The Bertz CT molecular complexity index is 481. The van der Waals surface area contributed by atoms with E-state index in [1.54, 1.807) is 0 Å². The minimum absolute atomic E-state index is 0.597. The van der Waals surface area contributed by atoms with E-state index in [-0.39, 0.29) is 0 Å². The van der Waals surface area contributed by atoms with Gasteiger partial charge in [-0.1, -0.05) is 49.4 Å². The van der Waals surface area contributed by atoms with Crippen LogP contribution in [0.3, 0.4) is 0 Å². The van der Waals surface area contributed by atoms with Crippen LogP contribution >= 0.6 is 22.6 Å². The van der Waals surface area contributed by atoms with Crippen molar-refractivity contribution in [2.45, 2.75) is 19.3 Å². The van der Waals surface area contributed by atoms with Crippen molar-refractivity contribution in [3.63, 3.8) is 0 Å². The fraction of sp³-hybridized carbons (Fsp3) is 0.250. The quantitative estimate of drug-likeness (QED) is 0.756. The maximum absolute atomic E-state index is 3.51. The summed E-state index contributed by atoms with van der Waals surface area (Å²) < 4.78 is 1.28. The zero-order valence-corrected chi connectivity index (χ0v) is 12.7. The molecule has 0 amide bonds. The monoisotopic (exact) mass is 351 g/mol. The van der Waals surface area contributed by atoms with E-state index in [1.165, 1.54) is 14.8 Å². The van der Waals surface area contributed by atoms with Crippen molar-refractivity contribution in [3.05, 3.63) is 63.7 Å². The van der Waals surface area contributed by atoms with Crippen LogP contribution in [0.25, 0.3) is 0 Å². The van der Waals surface area contributed by atoms with Gasteiger partial charge in [0.1, 0.15) is 0 Å². The van der Waals surface area contributed by atoms with Crippen molar-refractivity contribution in [2.75, 3.05) is 11.9 Å². The normalized spacial score (nSPS) is 12.1. The van der Waals surface area contributed by atoms with E-state index in [0.29, 0.717) is 5.92 Å². The Labute approximate surface area is 123 Å². The first-order valence-electron chi connectivity index (χ1n) is 6.30. The van der Waals surface area contributed by atoms with Crippen molar-refractivity contribution in [1.82, 2.24) is 0 Å². The molecule has 0 fully saturated rings. The molecule has 1 unspecified atom stereocenters. The van der Waals surface area contributed by atoms with Gasteiger partial charge in [-0.2, -0.15) is 0 Å². The first-order chi connectivity index (χ1) is 8.77. The van der Waals surface area contributed by atoms with Gasteiger partial charge in [0, 0.05) is 15.8 Å². The molecule has 0 heterocycles. The number of hydrogen-bond acceptors (Lipinski definition) is 1. The molecular formula is C16H18IN. The highest BCUT2D eigenvalue weighted by Gasteiger charge is 2.04. The van der Waals surface area contributed by atoms with E-state index in [4.69, 9.17) is 0 Å². The maximum Gasteiger partial charge on any atom is 0.0475 e. The van der Waals surface area contributed by atoms with Gasteiger partial charge < -0.3 is 5.32 Å². The second kappa shape index (κ2) is 6.78. The standard InChI is InChI=1S/C16H18IN/c1-13(14-7-3-2-4-8-14)11-12-18-16-10-6-5-9-15(16)17/h2-10,13,18H,11-12H2,1H3. The van der Waals surface area contributed by atoms with Crippen LogP contribution in [0.1, 0.15) is 24.8 Å². The Morgan fingerprint density at radius 2 is 1.67 bits per heavy atom. The number of para-hydroxylation sites is 1. The highest BCUT2D eigenvalue weighted by atomic mass is 127. The van der Waals surface area contributed by atoms with Crippen molar-refractivity contribution in [3.8, 4) is 0 Å². The van der Waals surface area contributed by atoms with Gasteiger partial charge in [-0.25, -0.2) is 0 Å². The zero-order chi connectivity index (χ0) is 12.8. The minimum Gasteiger partial charge on any atom is -0.384 e. The summed E-state index contributed by atoms with van der Waals surface area (Å²) in [7, 11) is 0. The van der Waals surface area contributed by atoms with Crippen molar-refractivity contribution < 1.29 is 0 Å². The van der Waals surface area contributed by atoms with E-state index in [9.17, 15) is 0 Å². The lowest BCUT2D eigenvalue weighted by molar-refractivity contribution is 0.706. The fourth-order valence-electron chi connectivity index (χ4n) is 1.98. The average Bonchev–Trinajstić information content (AvgIpc) is 2.42. The lowest BCUT2D eigenvalue weighted by Gasteiger charge is -2.13. The molecule has 1 atom stereocenters. The number of hydrogen-bond donors (Lipinski definition) is 1. The highest BCUT2D eigenvalue weighted by Crippen LogP contribution is 2.20. The van der Waals surface area contributed by atoms with Gasteiger partial charge >= 0.3 is 0 Å². The van der Waals surface area contributed by atoms with Gasteiger partial charge in [0.25, 0.3) is 0 Å². The summed E-state index contributed by atoms with van der Waals surface area (Å²) in [6.45, 7) is 3.29. The third-order valence-corrected chi connectivity index (χ3v) is 4.08. The molecule has 94 valence electrons. The second-order valence-corrected chi connectivity index (χ2v) is 5.67. The molecule has 0 aliphatic carbocycles. The number of rotatable bonds is 5. The van der Waals surface area contributed by atoms with Crippen LogP contribution in [0, 0.1) is 3.57 Å². The van der Waals surface area contributed by atoms with Crippen LogP contribution in [-0.4, -0.2) is 6.54 Å². The summed E-state index contributed by atoms with van der Waals surface area (Å²) in [5.74, 6) is 0.597. The van der Waals surface area contributed by atoms with E-state index in [0.717, 1.165) is 13.0 Å². The summed E-state index contributed by atoms with van der Waals surface area (Å²) in [5, 5.41) is 3.51. The lowest BCUT2D eigenvalue weighted by atomic mass is 9.98. The first kappa shape index (κ1) is 13.4. The van der Waals surface area contributed by atoms with Gasteiger partial charge in [-0.15, -0.1) is 0 Å². The molecule has 0 aliphatic heterocycles. The Kier molecular flexibility index (Phi) is 5.05. The average molecular weight is 351 g/mol. The molecule has 2 heteroatoms. The van der Waals surface area contributed by atoms with Gasteiger partial charge in [-0.3, -0.25) is 0 Å². The molecule has 0 saturated carbocycles. The molecule has 2 aromatic rings. The Morgan fingerprint density at radius 3 is 2.39 bits per heavy atom. The van der Waals surface area contributed by atoms with Gasteiger partial charge in [0.15, 0.2) is 0 Å². The molecule has 2 aromatic carbocycles. The predicted molar refractivity (Wildman–Crippen MR) is 87.1 cm³/mol. The Hall–Kier alpha value is -1.03. The smallest absolute Gasteiger partial charge is 0.0475 e. The number of benzene rings is 2. The summed E-state index contributed by atoms with van der Waals surface area (Å²) >= 11 is 2.37. The third kappa shape index (κ3) is 3.73. The molecule has 18 heavy (non-hydrogen) atoms. The van der Waals surface area contributed by atoms with E-state index >= 15 is 0 Å². The topological polar surface area (TPSA) is 12.0 Å². The summed E-state index contributed by atoms with van der Waals surface area (Å²) in [6.07, 6.45) is 1.15. The molecule has 0 saturated heterocycles. The predicted octanol–water partition coefficient (Wildman–Crippen LogP) is 4.90. The summed E-state index contributed by atoms with van der Waals surface area (Å²) in [6, 6.07) is 19.1. The van der Waals surface area contributed by atoms with Crippen molar-refractivity contribution >= 4 is 28.3 Å². The molecule has 0 bridgehead atoms. The number of halogens is 1. The Morgan fingerprint density at radius 1 is 1.00 bits per heavy atom. The largest absolute Gasteiger partial charge is 0.384 e. The van der Waals surface area contributed by atoms with Crippen molar-refractivity contribution in [1.29, 1.82) is 0 Å². The van der Waals surface area contributed by atoms with E-state index < -0.39 is 0 Å². The fourth-order valence-corrected chi connectivity index (χ4v) is 2.55. The van der Waals surface area contributed by atoms with Crippen LogP contribution in [0.15, 0.2) is 54.6 Å². The molecule has 0 aromatic heterocycles. The molecule has 1 N–H and O–H groups in total. The first-order valence-corrected chi connectivity index (χ1v) is 7.38. The molecule has 1 nitrogen and oxygen atoms in total. The summed E-state index contributed by atoms with van der Waals surface area (Å²) in [5.41, 5.74) is 2.65. The Balaban J connectivity index is 1.84. The molecule has 0 radical (unpaired) electrons. The summed E-state index contributed by atoms with van der Waals surface area (Å²) in [4.78, 5) is 0. The van der Waals surface area contributed by atoms with Crippen LogP contribution < -0.4 is 5.32 Å². The van der Waals surface area contributed by atoms with Gasteiger partial charge in [0.2, 0.25) is 0 Å². The molecule has 0 spiro atoms. The maximum atomic E-state index is 3.51. The van der Waals surface area contributed by atoms with Gasteiger partial charge in [-0.05, 0) is 52.6 Å². The van der Waals surface area contributed by atoms with Crippen LogP contribution in [0.5, 0.6) is 0 Å². The third-order valence-electron chi connectivity index (χ3n) is 3.14. The van der Waals surface area contributed by atoms with E-state index in [2.05, 4.69) is 89.4 Å². The minimum atomic E-state index is 0.597. The highest BCUT2D eigenvalue weighted by molar-refractivity contribution is 14.1. The number of nitrogens with one attached hydrogen (secondary N) is 1. The molecular weight excluding hydrogens is 333 g/mol. The van der Waals surface area contributed by atoms with Crippen LogP contribution in [0.4, 0.5) is 5.69 Å². The lowest BCUT2D eigenvalue weighted by Crippen LogP contribution is -2.06. The number of anilines is 1. The second-order valence-electron chi connectivity index (χ2n) is 4.51. The van der Waals surface area contributed by atoms with E-state index in [1.807, 2.05) is 0 Å². The molecule has 0 aliphatic rings. The van der Waals surface area contributed by atoms with Crippen LogP contribution in [-0.2, 0) is 0 Å².